The first kappa shape index (κ1) is 25.8. The molecule has 4 aromatic carbocycles. The molecule has 202 valence electrons. The molecule has 7 rings (SSSR count). The van der Waals surface area contributed by atoms with E-state index in [-0.39, 0.29) is 0 Å². The van der Waals surface area contributed by atoms with Crippen LogP contribution in [0.4, 0.5) is 11.4 Å². The highest BCUT2D eigenvalue weighted by Gasteiger charge is 2.27. The van der Waals surface area contributed by atoms with Crippen LogP contribution < -0.4 is 9.80 Å². The molecule has 2 aliphatic heterocycles. The first-order valence-electron chi connectivity index (χ1n) is 14.3. The number of nitrogens with zero attached hydrogens (tertiary/aromatic N) is 3. The Kier molecular flexibility index (Phi) is 7.31. The van der Waals surface area contributed by atoms with Crippen LogP contribution in [0.2, 0.25) is 0 Å². The topological polar surface area (TPSA) is 33.6 Å². The number of piperidine rings is 1. The van der Waals surface area contributed by atoms with Gasteiger partial charge in [-0.25, -0.2) is 4.31 Å². The first-order chi connectivity index (χ1) is 19.7. The molecule has 0 spiro atoms. The summed E-state index contributed by atoms with van der Waals surface area (Å²) in [6.07, 6.45) is 2.38. The number of rotatable bonds is 6. The number of nitrogens with one attached hydrogen (secondary N) is 1. The van der Waals surface area contributed by atoms with Crippen LogP contribution in [-0.4, -0.2) is 54.5 Å². The Labute approximate surface area is 246 Å². The lowest BCUT2D eigenvalue weighted by Crippen LogP contribution is -2.43. The highest BCUT2D eigenvalue weighted by Crippen LogP contribution is 2.42. The quantitative estimate of drug-likeness (QED) is 0.215. The Morgan fingerprint density at radius 1 is 0.550 bits per heavy atom. The van der Waals surface area contributed by atoms with Gasteiger partial charge in [0.25, 0.3) is 0 Å². The average Bonchev–Trinajstić information content (AvgIpc) is 3.29. The molecule has 2 saturated heterocycles. The van der Waals surface area contributed by atoms with E-state index in [0.29, 0.717) is 11.0 Å². The molecular weight excluding hydrogens is 529 g/mol. The maximum absolute atomic E-state index is 9.04. The van der Waals surface area contributed by atoms with Crippen molar-refractivity contribution in [3.05, 3.63) is 108 Å². The van der Waals surface area contributed by atoms with Crippen LogP contribution in [0.15, 0.2) is 107 Å². The summed E-state index contributed by atoms with van der Waals surface area (Å²) in [6, 6.07) is 35.0. The average molecular weight is 563 g/mol. The minimum absolute atomic E-state index is 0.626. The standard InChI is InChI=1S/C34H34N4S2/c35-34-32-23-28(39-27-15-17-36(18-16-27)25-7-3-1-4-8-25)11-13-30(32)31-14-12-29(24-33(31)34)40-38-21-19-37(20-22-38)26-9-5-2-6-10-26/h1-14,23-24,27,35H,15-22H2. The maximum atomic E-state index is 9.04. The molecule has 4 aromatic rings. The summed E-state index contributed by atoms with van der Waals surface area (Å²) in [5.74, 6) is 0. The molecule has 2 heterocycles. The Hall–Kier alpha value is -3.19. The van der Waals surface area contributed by atoms with E-state index in [1.165, 1.54) is 45.1 Å². The van der Waals surface area contributed by atoms with Crippen molar-refractivity contribution >= 4 is 40.8 Å². The van der Waals surface area contributed by atoms with Gasteiger partial charge in [0.1, 0.15) is 0 Å². The van der Waals surface area contributed by atoms with E-state index >= 15 is 0 Å². The Morgan fingerprint density at radius 3 is 1.68 bits per heavy atom. The van der Waals surface area contributed by atoms with Crippen molar-refractivity contribution < 1.29 is 0 Å². The third kappa shape index (κ3) is 5.28. The highest BCUT2D eigenvalue weighted by atomic mass is 32.2. The van der Waals surface area contributed by atoms with Crippen LogP contribution in [0.3, 0.4) is 0 Å². The second-order valence-corrected chi connectivity index (χ2v) is 13.3. The lowest BCUT2D eigenvalue weighted by atomic mass is 10.1. The molecule has 4 nitrogen and oxygen atoms in total. The molecule has 0 amide bonds. The maximum Gasteiger partial charge on any atom is 0.0697 e. The number of para-hydroxylation sites is 2. The fraction of sp³-hybridized carbons (Fsp3) is 0.265. The molecule has 3 aliphatic rings. The summed E-state index contributed by atoms with van der Waals surface area (Å²) in [5, 5.41) is 9.67. The number of anilines is 2. The van der Waals surface area contributed by atoms with Gasteiger partial charge in [0, 0.05) is 76.8 Å². The smallest absolute Gasteiger partial charge is 0.0697 e. The summed E-state index contributed by atoms with van der Waals surface area (Å²) in [7, 11) is 0. The van der Waals surface area contributed by atoms with Crippen LogP contribution in [0, 0.1) is 5.41 Å². The lowest BCUT2D eigenvalue weighted by Gasteiger charge is -2.35. The summed E-state index contributed by atoms with van der Waals surface area (Å²) in [6.45, 7) is 6.34. The third-order valence-corrected chi connectivity index (χ3v) is 10.7. The Bertz CT molecular complexity index is 1380. The van der Waals surface area contributed by atoms with E-state index in [1.807, 2.05) is 23.7 Å². The zero-order valence-corrected chi connectivity index (χ0v) is 24.3. The SMILES string of the molecule is N=C1c2cc(SC3CCN(c4ccccc4)CC3)ccc2-c2ccc(SN3CCN(c4ccccc4)CC3)cc21. The monoisotopic (exact) mass is 562 g/mol. The van der Waals surface area contributed by atoms with E-state index in [2.05, 4.69) is 111 Å². The third-order valence-electron chi connectivity index (χ3n) is 8.27. The van der Waals surface area contributed by atoms with Crippen LogP contribution in [0.5, 0.6) is 0 Å². The van der Waals surface area contributed by atoms with Gasteiger partial charge in [0.15, 0.2) is 0 Å². The molecule has 40 heavy (non-hydrogen) atoms. The second-order valence-electron chi connectivity index (χ2n) is 10.8. The van der Waals surface area contributed by atoms with E-state index in [0.717, 1.165) is 50.4 Å². The van der Waals surface area contributed by atoms with Gasteiger partial charge in [-0.15, -0.1) is 11.8 Å². The van der Waals surface area contributed by atoms with Crippen LogP contribution in [0.1, 0.15) is 24.0 Å². The summed E-state index contributed by atoms with van der Waals surface area (Å²) < 4.78 is 2.46. The van der Waals surface area contributed by atoms with Crippen molar-refractivity contribution in [2.75, 3.05) is 49.1 Å². The fourth-order valence-corrected chi connectivity index (χ4v) is 8.20. The van der Waals surface area contributed by atoms with Gasteiger partial charge in [-0.3, -0.25) is 5.41 Å². The summed E-state index contributed by atoms with van der Waals surface area (Å²) in [5.41, 5.74) is 7.87. The number of hydrogen-bond donors (Lipinski definition) is 1. The van der Waals surface area contributed by atoms with Crippen molar-refractivity contribution in [3.63, 3.8) is 0 Å². The first-order valence-corrected chi connectivity index (χ1v) is 15.9. The second kappa shape index (κ2) is 11.4. The van der Waals surface area contributed by atoms with E-state index in [4.69, 9.17) is 5.41 Å². The molecule has 1 N–H and O–H groups in total. The predicted octanol–water partition coefficient (Wildman–Crippen LogP) is 7.67. The normalized spacial score (nSPS) is 17.6. The van der Waals surface area contributed by atoms with Gasteiger partial charge in [0.05, 0.1) is 5.71 Å². The van der Waals surface area contributed by atoms with E-state index in [9.17, 15) is 0 Å². The van der Waals surface area contributed by atoms with Crippen LogP contribution in [-0.2, 0) is 0 Å². The molecule has 2 fully saturated rings. The molecule has 0 bridgehead atoms. The predicted molar refractivity (Wildman–Crippen MR) is 171 cm³/mol. The lowest BCUT2D eigenvalue weighted by molar-refractivity contribution is 0.429. The number of benzene rings is 4. The molecule has 6 heteroatoms. The van der Waals surface area contributed by atoms with Crippen molar-refractivity contribution in [3.8, 4) is 11.1 Å². The molecule has 0 aromatic heterocycles. The minimum atomic E-state index is 0.626. The van der Waals surface area contributed by atoms with Crippen LogP contribution >= 0.6 is 23.7 Å². The van der Waals surface area contributed by atoms with Gasteiger partial charge in [0.2, 0.25) is 0 Å². The van der Waals surface area contributed by atoms with Gasteiger partial charge < -0.3 is 9.80 Å². The van der Waals surface area contributed by atoms with Crippen molar-refractivity contribution in [1.82, 2.24) is 4.31 Å². The number of thioether (sulfide) groups is 1. The Balaban J connectivity index is 0.978. The van der Waals surface area contributed by atoms with Crippen LogP contribution in [0.25, 0.3) is 11.1 Å². The summed E-state index contributed by atoms with van der Waals surface area (Å²) >= 11 is 3.83. The zero-order valence-electron chi connectivity index (χ0n) is 22.6. The minimum Gasteiger partial charge on any atom is -0.371 e. The number of fused-ring (bicyclic) bond motifs is 3. The van der Waals surface area contributed by atoms with Crippen molar-refractivity contribution in [1.29, 1.82) is 5.41 Å². The van der Waals surface area contributed by atoms with Crippen molar-refractivity contribution in [2.24, 2.45) is 0 Å². The van der Waals surface area contributed by atoms with Gasteiger partial charge in [-0.1, -0.05) is 48.5 Å². The van der Waals surface area contributed by atoms with Gasteiger partial charge >= 0.3 is 0 Å². The molecular formula is C34H34N4S2. The molecule has 0 radical (unpaired) electrons. The van der Waals surface area contributed by atoms with Gasteiger partial charge in [-0.2, -0.15) is 0 Å². The van der Waals surface area contributed by atoms with E-state index in [1.54, 1.807) is 0 Å². The zero-order chi connectivity index (χ0) is 26.9. The molecule has 0 atom stereocenters. The largest absolute Gasteiger partial charge is 0.371 e. The fourth-order valence-electron chi connectivity index (χ4n) is 6.09. The number of piperazine rings is 1. The van der Waals surface area contributed by atoms with E-state index < -0.39 is 0 Å². The Morgan fingerprint density at radius 2 is 1.07 bits per heavy atom. The van der Waals surface area contributed by atoms with Crippen molar-refractivity contribution in [2.45, 2.75) is 27.9 Å². The highest BCUT2D eigenvalue weighted by molar-refractivity contribution is 8.00. The van der Waals surface area contributed by atoms with Gasteiger partial charge in [-0.05, 0) is 84.4 Å². The molecule has 0 saturated carbocycles. The number of hydrogen-bond acceptors (Lipinski definition) is 6. The molecule has 0 unspecified atom stereocenters. The summed E-state index contributed by atoms with van der Waals surface area (Å²) in [4.78, 5) is 7.49. The molecule has 1 aliphatic carbocycles.